The van der Waals surface area contributed by atoms with Crippen LogP contribution >= 0.6 is 0 Å². The third kappa shape index (κ3) is 2.54. The van der Waals surface area contributed by atoms with Crippen LogP contribution in [-0.4, -0.2) is 22.4 Å². The Morgan fingerprint density at radius 3 is 2.68 bits per heavy atom. The number of halogens is 3. The second-order valence-corrected chi connectivity index (χ2v) is 4.42. The van der Waals surface area contributed by atoms with E-state index in [4.69, 9.17) is 9.94 Å². The van der Waals surface area contributed by atoms with Crippen molar-refractivity contribution >= 4 is 11.7 Å². The molecule has 1 aliphatic rings. The van der Waals surface area contributed by atoms with Crippen LogP contribution in [0.3, 0.4) is 0 Å². The molecular formula is C12H10F3NO3. The predicted molar refractivity (Wildman–Crippen MR) is 59.7 cm³/mol. The number of alkyl halides is 3. The van der Waals surface area contributed by atoms with Gasteiger partial charge in [0.1, 0.15) is 0 Å². The van der Waals surface area contributed by atoms with Crippen LogP contribution in [0.2, 0.25) is 0 Å². The normalized spacial score (nSPS) is 22.8. The maximum atomic E-state index is 12.6. The summed E-state index contributed by atoms with van der Waals surface area (Å²) in [6, 6.07) is 4.55. The van der Waals surface area contributed by atoms with Gasteiger partial charge >= 0.3 is 12.1 Å². The first-order chi connectivity index (χ1) is 8.72. The van der Waals surface area contributed by atoms with Gasteiger partial charge in [-0.2, -0.15) is 13.2 Å². The Morgan fingerprint density at radius 2 is 2.16 bits per heavy atom. The van der Waals surface area contributed by atoms with E-state index < -0.39 is 23.3 Å². The van der Waals surface area contributed by atoms with Gasteiger partial charge in [0, 0.05) is 12.0 Å². The summed E-state index contributed by atoms with van der Waals surface area (Å²) in [6.45, 7) is 1.32. The fraction of sp³-hybridized carbons (Fsp3) is 0.333. The molecule has 1 atom stereocenters. The van der Waals surface area contributed by atoms with Gasteiger partial charge in [0.05, 0.1) is 11.3 Å². The van der Waals surface area contributed by atoms with Crippen molar-refractivity contribution < 1.29 is 27.9 Å². The van der Waals surface area contributed by atoms with Gasteiger partial charge in [0.25, 0.3) is 0 Å². The van der Waals surface area contributed by atoms with Crippen molar-refractivity contribution in [1.82, 2.24) is 0 Å². The molecule has 1 heterocycles. The number of carboxylic acids is 1. The number of hydrogen-bond donors (Lipinski definition) is 1. The minimum absolute atomic E-state index is 0.0797. The average Bonchev–Trinajstić information content (AvgIpc) is 2.73. The number of aliphatic carboxylic acids is 1. The fourth-order valence-corrected chi connectivity index (χ4v) is 1.68. The smallest absolute Gasteiger partial charge is 0.416 e. The molecule has 0 bridgehead atoms. The summed E-state index contributed by atoms with van der Waals surface area (Å²) >= 11 is 0. The molecule has 4 nitrogen and oxygen atoms in total. The standard InChI is InChI=1S/C12H10F3NO3/c1-11(10(17)18)6-9(16-19-11)7-3-2-4-8(5-7)12(13,14)15/h2-5H,6H2,1H3,(H,17,18). The van der Waals surface area contributed by atoms with Crippen LogP contribution in [0, 0.1) is 0 Å². The Kier molecular flexibility index (Phi) is 3.00. The Balaban J connectivity index is 2.28. The first-order valence-electron chi connectivity index (χ1n) is 5.38. The molecule has 0 amide bonds. The lowest BCUT2D eigenvalue weighted by Crippen LogP contribution is -2.35. The third-order valence-corrected chi connectivity index (χ3v) is 2.84. The molecule has 102 valence electrons. The number of carboxylic acid groups (broad SMARTS) is 1. The maximum Gasteiger partial charge on any atom is 0.416 e. The lowest BCUT2D eigenvalue weighted by molar-refractivity contribution is -0.160. The lowest BCUT2D eigenvalue weighted by Gasteiger charge is -2.14. The molecule has 2 rings (SSSR count). The summed E-state index contributed by atoms with van der Waals surface area (Å²) in [6.07, 6.45) is -4.53. The minimum atomic E-state index is -4.45. The van der Waals surface area contributed by atoms with Crippen LogP contribution in [0.4, 0.5) is 13.2 Å². The van der Waals surface area contributed by atoms with E-state index in [1.165, 1.54) is 19.1 Å². The minimum Gasteiger partial charge on any atom is -0.478 e. The van der Waals surface area contributed by atoms with Gasteiger partial charge in [0.15, 0.2) is 0 Å². The highest BCUT2D eigenvalue weighted by Gasteiger charge is 2.42. The van der Waals surface area contributed by atoms with E-state index in [1.54, 1.807) is 0 Å². The quantitative estimate of drug-likeness (QED) is 0.901. The van der Waals surface area contributed by atoms with E-state index in [-0.39, 0.29) is 17.7 Å². The number of rotatable bonds is 2. The highest BCUT2D eigenvalue weighted by molar-refractivity contribution is 6.04. The van der Waals surface area contributed by atoms with Crippen molar-refractivity contribution in [1.29, 1.82) is 0 Å². The van der Waals surface area contributed by atoms with Gasteiger partial charge in [-0.05, 0) is 19.1 Å². The zero-order valence-electron chi connectivity index (χ0n) is 9.86. The summed E-state index contributed by atoms with van der Waals surface area (Å²) in [5.74, 6) is -1.21. The van der Waals surface area contributed by atoms with Crippen molar-refractivity contribution in [2.24, 2.45) is 5.16 Å². The van der Waals surface area contributed by atoms with Gasteiger partial charge < -0.3 is 9.94 Å². The number of hydrogen-bond acceptors (Lipinski definition) is 3. The molecule has 0 aromatic heterocycles. The molecule has 0 aliphatic carbocycles. The third-order valence-electron chi connectivity index (χ3n) is 2.84. The van der Waals surface area contributed by atoms with E-state index in [1.807, 2.05) is 0 Å². The first kappa shape index (κ1) is 13.4. The van der Waals surface area contributed by atoms with Crippen LogP contribution in [0.25, 0.3) is 0 Å². The van der Waals surface area contributed by atoms with Gasteiger partial charge in [0.2, 0.25) is 5.60 Å². The molecule has 0 fully saturated rings. The first-order valence-corrected chi connectivity index (χ1v) is 5.38. The predicted octanol–water partition coefficient (Wildman–Crippen LogP) is 2.67. The van der Waals surface area contributed by atoms with Crippen molar-refractivity contribution in [3.63, 3.8) is 0 Å². The Hall–Kier alpha value is -2.05. The van der Waals surface area contributed by atoms with E-state index in [9.17, 15) is 18.0 Å². The number of oxime groups is 1. The summed E-state index contributed by atoms with van der Waals surface area (Å²) in [5.41, 5.74) is -1.93. The molecule has 1 N–H and O–H groups in total. The fourth-order valence-electron chi connectivity index (χ4n) is 1.68. The number of nitrogens with zero attached hydrogens (tertiary/aromatic N) is 1. The SMILES string of the molecule is CC1(C(=O)O)CC(c2cccc(C(F)(F)F)c2)=NO1. The number of carbonyl (C=O) groups is 1. The van der Waals surface area contributed by atoms with Gasteiger partial charge in [-0.1, -0.05) is 17.3 Å². The van der Waals surface area contributed by atoms with Crippen LogP contribution in [0.5, 0.6) is 0 Å². The zero-order chi connectivity index (χ0) is 14.3. The second-order valence-electron chi connectivity index (χ2n) is 4.42. The van der Waals surface area contributed by atoms with E-state index in [0.29, 0.717) is 0 Å². The molecule has 7 heteroatoms. The van der Waals surface area contributed by atoms with Crippen molar-refractivity contribution in [2.45, 2.75) is 25.1 Å². The monoisotopic (exact) mass is 273 g/mol. The summed E-state index contributed by atoms with van der Waals surface area (Å²) < 4.78 is 37.7. The maximum absolute atomic E-state index is 12.6. The highest BCUT2D eigenvalue weighted by atomic mass is 19.4. The van der Waals surface area contributed by atoms with Crippen LogP contribution < -0.4 is 0 Å². The molecule has 1 aliphatic heterocycles. The van der Waals surface area contributed by atoms with Gasteiger partial charge in [-0.25, -0.2) is 4.79 Å². The molecule has 1 aromatic rings. The molecule has 0 radical (unpaired) electrons. The molecule has 1 unspecified atom stereocenters. The molecule has 19 heavy (non-hydrogen) atoms. The second kappa shape index (κ2) is 4.25. The van der Waals surface area contributed by atoms with Crippen molar-refractivity contribution in [3.8, 4) is 0 Å². The van der Waals surface area contributed by atoms with Gasteiger partial charge in [-0.15, -0.1) is 0 Å². The van der Waals surface area contributed by atoms with Crippen molar-refractivity contribution in [2.75, 3.05) is 0 Å². The largest absolute Gasteiger partial charge is 0.478 e. The van der Waals surface area contributed by atoms with Crippen LogP contribution in [0.15, 0.2) is 29.4 Å². The van der Waals surface area contributed by atoms with Crippen LogP contribution in [-0.2, 0) is 15.8 Å². The zero-order valence-corrected chi connectivity index (χ0v) is 9.86. The average molecular weight is 273 g/mol. The molecule has 0 saturated carbocycles. The highest BCUT2D eigenvalue weighted by Crippen LogP contribution is 2.32. The Bertz CT molecular complexity index is 553. The summed E-state index contributed by atoms with van der Waals surface area (Å²) in [5, 5.41) is 12.5. The van der Waals surface area contributed by atoms with Gasteiger partial charge in [-0.3, -0.25) is 0 Å². The molecule has 1 aromatic carbocycles. The van der Waals surface area contributed by atoms with Crippen LogP contribution in [0.1, 0.15) is 24.5 Å². The van der Waals surface area contributed by atoms with E-state index >= 15 is 0 Å². The van der Waals surface area contributed by atoms with E-state index in [2.05, 4.69) is 5.16 Å². The number of benzene rings is 1. The Labute approximate surface area is 106 Å². The lowest BCUT2D eigenvalue weighted by atomic mass is 9.95. The molecular weight excluding hydrogens is 263 g/mol. The van der Waals surface area contributed by atoms with E-state index in [0.717, 1.165) is 12.1 Å². The summed E-state index contributed by atoms with van der Waals surface area (Å²) in [4.78, 5) is 15.7. The summed E-state index contributed by atoms with van der Waals surface area (Å²) in [7, 11) is 0. The molecule has 0 spiro atoms. The molecule has 0 saturated heterocycles. The Morgan fingerprint density at radius 1 is 1.47 bits per heavy atom. The van der Waals surface area contributed by atoms with Crippen molar-refractivity contribution in [3.05, 3.63) is 35.4 Å². The topological polar surface area (TPSA) is 58.9 Å².